The molecule has 1 aliphatic rings. The summed E-state index contributed by atoms with van der Waals surface area (Å²) >= 11 is 0. The van der Waals surface area contributed by atoms with E-state index in [4.69, 9.17) is 0 Å². The highest BCUT2D eigenvalue weighted by atomic mass is 16.2. The van der Waals surface area contributed by atoms with Crippen LogP contribution in [0.25, 0.3) is 0 Å². The summed E-state index contributed by atoms with van der Waals surface area (Å²) in [4.78, 5) is 25.1. The van der Waals surface area contributed by atoms with E-state index >= 15 is 0 Å². The molecule has 1 aromatic carbocycles. The summed E-state index contributed by atoms with van der Waals surface area (Å²) in [6.45, 7) is 4.30. The maximum Gasteiger partial charge on any atom is 0.278 e. The monoisotopic (exact) mass is 310 g/mol. The molecule has 0 aliphatic carbocycles. The lowest BCUT2D eigenvalue weighted by Crippen LogP contribution is -2.33. The number of hydrogen-bond donors (Lipinski definition) is 0. The third-order valence-corrected chi connectivity index (χ3v) is 4.41. The van der Waals surface area contributed by atoms with Crippen LogP contribution in [0.3, 0.4) is 0 Å². The molecule has 0 atom stereocenters. The SMILES string of the molecule is CC1CCN(c2cnc(C(=O)N(C)c3ccccc3)cn2)CC1. The minimum absolute atomic E-state index is 0.150. The number of carbonyl (C=O) groups is 1. The first kappa shape index (κ1) is 15.5. The Morgan fingerprint density at radius 1 is 1.13 bits per heavy atom. The van der Waals surface area contributed by atoms with Gasteiger partial charge in [-0.2, -0.15) is 0 Å². The second kappa shape index (κ2) is 6.77. The highest BCUT2D eigenvalue weighted by Gasteiger charge is 2.19. The Labute approximate surface area is 137 Å². The summed E-state index contributed by atoms with van der Waals surface area (Å²) in [7, 11) is 1.75. The van der Waals surface area contributed by atoms with E-state index in [2.05, 4.69) is 21.8 Å². The minimum atomic E-state index is -0.150. The van der Waals surface area contributed by atoms with E-state index in [0.717, 1.165) is 30.5 Å². The molecule has 23 heavy (non-hydrogen) atoms. The fourth-order valence-electron chi connectivity index (χ4n) is 2.77. The van der Waals surface area contributed by atoms with Gasteiger partial charge in [-0.15, -0.1) is 0 Å². The maximum atomic E-state index is 12.5. The van der Waals surface area contributed by atoms with Crippen LogP contribution in [0.1, 0.15) is 30.3 Å². The number of anilines is 2. The van der Waals surface area contributed by atoms with Gasteiger partial charge in [0.05, 0.1) is 12.4 Å². The van der Waals surface area contributed by atoms with Gasteiger partial charge in [0.15, 0.2) is 0 Å². The summed E-state index contributed by atoms with van der Waals surface area (Å²) < 4.78 is 0. The lowest BCUT2D eigenvalue weighted by molar-refractivity contribution is 0.0988. The number of carbonyl (C=O) groups excluding carboxylic acids is 1. The smallest absolute Gasteiger partial charge is 0.278 e. The van der Waals surface area contributed by atoms with Gasteiger partial charge in [0.1, 0.15) is 11.5 Å². The van der Waals surface area contributed by atoms with Crippen molar-refractivity contribution in [1.29, 1.82) is 0 Å². The van der Waals surface area contributed by atoms with Crippen LogP contribution < -0.4 is 9.80 Å². The molecule has 1 amide bonds. The third-order valence-electron chi connectivity index (χ3n) is 4.41. The van der Waals surface area contributed by atoms with Crippen molar-refractivity contribution < 1.29 is 4.79 Å². The van der Waals surface area contributed by atoms with Crippen LogP contribution in [0.4, 0.5) is 11.5 Å². The number of nitrogens with zero attached hydrogens (tertiary/aromatic N) is 4. The first-order valence-corrected chi connectivity index (χ1v) is 8.05. The van der Waals surface area contributed by atoms with Crippen LogP contribution >= 0.6 is 0 Å². The average Bonchev–Trinajstić information content (AvgIpc) is 2.62. The van der Waals surface area contributed by atoms with Gasteiger partial charge in [-0.3, -0.25) is 4.79 Å². The molecule has 1 fully saturated rings. The molecule has 0 unspecified atom stereocenters. The predicted molar refractivity (Wildman–Crippen MR) is 91.8 cm³/mol. The highest BCUT2D eigenvalue weighted by Crippen LogP contribution is 2.21. The molecule has 1 saturated heterocycles. The number of hydrogen-bond acceptors (Lipinski definition) is 4. The molecule has 5 heteroatoms. The standard InChI is InChI=1S/C18H22N4O/c1-14-8-10-22(11-9-14)17-13-19-16(12-20-17)18(23)21(2)15-6-4-3-5-7-15/h3-7,12-14H,8-11H2,1-2H3. The lowest BCUT2D eigenvalue weighted by Gasteiger charge is -2.30. The fraction of sp³-hybridized carbons (Fsp3) is 0.389. The van der Waals surface area contributed by atoms with Crippen molar-refractivity contribution in [1.82, 2.24) is 9.97 Å². The Hall–Kier alpha value is -2.43. The molecule has 1 aromatic heterocycles. The van der Waals surface area contributed by atoms with Crippen molar-refractivity contribution in [2.45, 2.75) is 19.8 Å². The van der Waals surface area contributed by atoms with Crippen LogP contribution in [-0.4, -0.2) is 36.0 Å². The van der Waals surface area contributed by atoms with Gasteiger partial charge < -0.3 is 9.80 Å². The number of piperidine rings is 1. The van der Waals surface area contributed by atoms with Gasteiger partial charge in [-0.1, -0.05) is 25.1 Å². The number of aromatic nitrogens is 2. The number of amides is 1. The van der Waals surface area contributed by atoms with Crippen LogP contribution in [0.5, 0.6) is 0 Å². The summed E-state index contributed by atoms with van der Waals surface area (Å²) in [6, 6.07) is 9.54. The molecule has 120 valence electrons. The molecule has 0 saturated carbocycles. The summed E-state index contributed by atoms with van der Waals surface area (Å²) in [5, 5.41) is 0. The van der Waals surface area contributed by atoms with E-state index in [0.29, 0.717) is 5.69 Å². The predicted octanol–water partition coefficient (Wildman–Crippen LogP) is 2.99. The Balaban J connectivity index is 1.70. The van der Waals surface area contributed by atoms with E-state index in [1.165, 1.54) is 12.8 Å². The number of para-hydroxylation sites is 1. The van der Waals surface area contributed by atoms with E-state index < -0.39 is 0 Å². The fourth-order valence-corrected chi connectivity index (χ4v) is 2.77. The molecule has 2 heterocycles. The lowest BCUT2D eigenvalue weighted by atomic mass is 9.99. The van der Waals surface area contributed by atoms with Crippen LogP contribution in [0, 0.1) is 5.92 Å². The average molecular weight is 310 g/mol. The molecular formula is C18H22N4O. The van der Waals surface area contributed by atoms with E-state index in [1.807, 2.05) is 30.3 Å². The topological polar surface area (TPSA) is 49.3 Å². The molecule has 0 spiro atoms. The Kier molecular flexibility index (Phi) is 4.55. The van der Waals surface area contributed by atoms with Crippen molar-refractivity contribution in [3.63, 3.8) is 0 Å². The number of rotatable bonds is 3. The van der Waals surface area contributed by atoms with Crippen LogP contribution in [0.2, 0.25) is 0 Å². The zero-order valence-corrected chi connectivity index (χ0v) is 13.6. The normalized spacial score (nSPS) is 15.5. The second-order valence-corrected chi connectivity index (χ2v) is 6.13. The maximum absolute atomic E-state index is 12.5. The zero-order chi connectivity index (χ0) is 16.2. The quantitative estimate of drug-likeness (QED) is 0.874. The number of benzene rings is 1. The van der Waals surface area contributed by atoms with Crippen molar-refractivity contribution >= 4 is 17.4 Å². The second-order valence-electron chi connectivity index (χ2n) is 6.13. The minimum Gasteiger partial charge on any atom is -0.355 e. The first-order valence-electron chi connectivity index (χ1n) is 8.05. The Morgan fingerprint density at radius 2 is 1.83 bits per heavy atom. The van der Waals surface area contributed by atoms with Gasteiger partial charge >= 0.3 is 0 Å². The largest absolute Gasteiger partial charge is 0.355 e. The Bertz CT molecular complexity index is 648. The van der Waals surface area contributed by atoms with Crippen molar-refractivity contribution in [2.75, 3.05) is 29.9 Å². The molecular weight excluding hydrogens is 288 g/mol. The molecule has 3 rings (SSSR count). The van der Waals surface area contributed by atoms with E-state index in [1.54, 1.807) is 24.3 Å². The van der Waals surface area contributed by atoms with Gasteiger partial charge in [0, 0.05) is 25.8 Å². The van der Waals surface area contributed by atoms with E-state index in [9.17, 15) is 4.79 Å². The van der Waals surface area contributed by atoms with Gasteiger partial charge in [-0.25, -0.2) is 9.97 Å². The van der Waals surface area contributed by atoms with Gasteiger partial charge in [0.2, 0.25) is 0 Å². The molecule has 1 aliphatic heterocycles. The van der Waals surface area contributed by atoms with E-state index in [-0.39, 0.29) is 5.91 Å². The summed E-state index contributed by atoms with van der Waals surface area (Å²) in [6.07, 6.45) is 5.65. The zero-order valence-electron chi connectivity index (χ0n) is 13.6. The molecule has 5 nitrogen and oxygen atoms in total. The molecule has 2 aromatic rings. The highest BCUT2D eigenvalue weighted by molar-refractivity contribution is 6.04. The first-order chi connectivity index (χ1) is 11.1. The van der Waals surface area contributed by atoms with Gasteiger partial charge in [0.25, 0.3) is 5.91 Å². The molecule has 0 N–H and O–H groups in total. The third kappa shape index (κ3) is 3.50. The Morgan fingerprint density at radius 3 is 2.43 bits per heavy atom. The van der Waals surface area contributed by atoms with Crippen molar-refractivity contribution in [3.05, 3.63) is 48.4 Å². The van der Waals surface area contributed by atoms with Crippen LogP contribution in [-0.2, 0) is 0 Å². The summed E-state index contributed by atoms with van der Waals surface area (Å²) in [5.41, 5.74) is 1.21. The van der Waals surface area contributed by atoms with Gasteiger partial charge in [-0.05, 0) is 30.9 Å². The molecule has 0 radical (unpaired) electrons. The molecule has 0 bridgehead atoms. The van der Waals surface area contributed by atoms with Crippen molar-refractivity contribution in [3.8, 4) is 0 Å². The van der Waals surface area contributed by atoms with Crippen molar-refractivity contribution in [2.24, 2.45) is 5.92 Å². The summed E-state index contributed by atoms with van der Waals surface area (Å²) in [5.74, 6) is 1.48. The van der Waals surface area contributed by atoms with Crippen LogP contribution in [0.15, 0.2) is 42.7 Å².